The topological polar surface area (TPSA) is 247 Å². The summed E-state index contributed by atoms with van der Waals surface area (Å²) in [5.74, 6) is -0.320. The molecule has 4 aromatic rings. The van der Waals surface area contributed by atoms with Gasteiger partial charge in [0.2, 0.25) is 10.0 Å². The van der Waals surface area contributed by atoms with Gasteiger partial charge in [-0.1, -0.05) is 13.8 Å². The van der Waals surface area contributed by atoms with Crippen LogP contribution in [0.1, 0.15) is 13.8 Å². The van der Waals surface area contributed by atoms with Gasteiger partial charge in [0.25, 0.3) is 20.2 Å². The van der Waals surface area contributed by atoms with Crippen molar-refractivity contribution in [2.45, 2.75) is 28.5 Å². The molecule has 0 aliphatic rings. The predicted octanol–water partition coefficient (Wildman–Crippen LogP) is 3.85. The van der Waals surface area contributed by atoms with Gasteiger partial charge in [0, 0.05) is 42.0 Å². The Labute approximate surface area is 271 Å². The van der Waals surface area contributed by atoms with Gasteiger partial charge >= 0.3 is 0 Å². The predicted molar refractivity (Wildman–Crippen MR) is 176 cm³/mol. The van der Waals surface area contributed by atoms with Crippen LogP contribution in [0.3, 0.4) is 0 Å². The molecule has 4 aromatic carbocycles. The van der Waals surface area contributed by atoms with Crippen molar-refractivity contribution in [1.29, 1.82) is 0 Å². The summed E-state index contributed by atoms with van der Waals surface area (Å²) < 4.78 is 105. The van der Waals surface area contributed by atoms with Crippen LogP contribution in [0.15, 0.2) is 69.3 Å². The Kier molecular flexibility index (Phi) is 9.99. The van der Waals surface area contributed by atoms with E-state index in [4.69, 9.17) is 15.2 Å². The van der Waals surface area contributed by atoms with E-state index in [1.54, 1.807) is 26.0 Å². The van der Waals surface area contributed by atoms with Crippen LogP contribution < -0.4 is 31.4 Å². The number of phenols is 1. The SMILES string of the molecule is CCN(CC)S(=O)(=O)c1ccc(Nc2cc(OC)c(NNc3c(S(=O)(=O)O)cc4cc(S(=O)(=O)O)cc(N)c4c3O)cc2OC)cc1. The van der Waals surface area contributed by atoms with Gasteiger partial charge in [-0.05, 0) is 47.9 Å². The van der Waals surface area contributed by atoms with E-state index in [0.717, 1.165) is 18.2 Å². The largest absolute Gasteiger partial charge is 0.505 e. The highest BCUT2D eigenvalue weighted by molar-refractivity contribution is 7.89. The number of nitrogens with two attached hydrogens (primary N) is 1. The number of nitrogen functional groups attached to an aromatic ring is 1. The third kappa shape index (κ3) is 7.24. The van der Waals surface area contributed by atoms with E-state index in [-0.39, 0.29) is 38.5 Å². The van der Waals surface area contributed by atoms with Gasteiger partial charge < -0.3 is 25.6 Å². The molecule has 47 heavy (non-hydrogen) atoms. The Morgan fingerprint density at radius 2 is 1.34 bits per heavy atom. The Hall–Kier alpha value is -4.53. The molecule has 254 valence electrons. The van der Waals surface area contributed by atoms with Crippen LogP contribution in [0, 0.1) is 0 Å². The van der Waals surface area contributed by atoms with Gasteiger partial charge in [0.05, 0.1) is 35.4 Å². The Morgan fingerprint density at radius 1 is 0.766 bits per heavy atom. The molecule has 8 N–H and O–H groups in total. The molecule has 0 aliphatic carbocycles. The van der Waals surface area contributed by atoms with E-state index in [1.165, 1.54) is 42.8 Å². The lowest BCUT2D eigenvalue weighted by Crippen LogP contribution is -2.30. The normalized spacial score (nSPS) is 12.2. The number of hydrazine groups is 1. The van der Waals surface area contributed by atoms with E-state index in [1.807, 2.05) is 0 Å². The number of phenolic OH excluding ortho intramolecular Hbond substituents is 1. The second kappa shape index (κ2) is 13.3. The average molecular weight is 712 g/mol. The number of sulfonamides is 1. The third-order valence-corrected chi connectivity index (χ3v) is 10.8. The summed E-state index contributed by atoms with van der Waals surface area (Å²) >= 11 is 0. The summed E-state index contributed by atoms with van der Waals surface area (Å²) in [6, 6.07) is 11.7. The first kappa shape index (κ1) is 35.3. The van der Waals surface area contributed by atoms with Crippen molar-refractivity contribution in [1.82, 2.24) is 4.31 Å². The second-order valence-electron chi connectivity index (χ2n) is 9.90. The lowest BCUT2D eigenvalue weighted by molar-refractivity contribution is 0.406. The fourth-order valence-corrected chi connectivity index (χ4v) is 7.47. The number of rotatable bonds is 13. The summed E-state index contributed by atoms with van der Waals surface area (Å²) in [4.78, 5) is -1.38. The first-order valence-corrected chi connectivity index (χ1v) is 18.0. The molecule has 0 spiro atoms. The molecule has 0 unspecified atom stereocenters. The van der Waals surface area contributed by atoms with Crippen LogP contribution >= 0.6 is 0 Å². The Bertz CT molecular complexity index is 2160. The highest BCUT2D eigenvalue weighted by atomic mass is 32.2. The number of anilines is 5. The minimum absolute atomic E-state index is 0.128. The lowest BCUT2D eigenvalue weighted by atomic mass is 10.1. The highest BCUT2D eigenvalue weighted by Gasteiger charge is 2.25. The smallest absolute Gasteiger partial charge is 0.296 e. The van der Waals surface area contributed by atoms with Crippen LogP contribution in [-0.4, -0.2) is 71.1 Å². The maximum absolute atomic E-state index is 12.8. The van der Waals surface area contributed by atoms with Crippen LogP contribution in [-0.2, 0) is 30.3 Å². The minimum atomic E-state index is -5.02. The molecule has 19 heteroatoms. The first-order chi connectivity index (χ1) is 22.0. The van der Waals surface area contributed by atoms with Crippen molar-refractivity contribution in [3.8, 4) is 17.2 Å². The van der Waals surface area contributed by atoms with Gasteiger partial charge in [0.1, 0.15) is 22.1 Å². The number of nitrogens with zero attached hydrogens (tertiary/aromatic N) is 1. The molecule has 16 nitrogen and oxygen atoms in total. The molecule has 0 atom stereocenters. The molecular formula is C28H33N5O11S3. The van der Waals surface area contributed by atoms with Gasteiger partial charge in [-0.15, -0.1) is 0 Å². The number of hydrogen-bond donors (Lipinski definition) is 7. The molecule has 4 rings (SSSR count). The van der Waals surface area contributed by atoms with Crippen LogP contribution in [0.2, 0.25) is 0 Å². The third-order valence-electron chi connectivity index (χ3n) is 7.08. The molecule has 0 aliphatic heterocycles. The molecule has 0 heterocycles. The van der Waals surface area contributed by atoms with Gasteiger partial charge in [0.15, 0.2) is 5.75 Å². The summed E-state index contributed by atoms with van der Waals surface area (Å²) in [5, 5.41) is 13.8. The summed E-state index contributed by atoms with van der Waals surface area (Å²) in [6.45, 7) is 4.16. The molecule has 0 radical (unpaired) electrons. The van der Waals surface area contributed by atoms with E-state index in [9.17, 15) is 39.5 Å². The quantitative estimate of drug-likeness (QED) is 0.0450. The minimum Gasteiger partial charge on any atom is -0.505 e. The number of fused-ring (bicyclic) bond motifs is 1. The van der Waals surface area contributed by atoms with Crippen LogP contribution in [0.5, 0.6) is 17.2 Å². The fraction of sp³-hybridized carbons (Fsp3) is 0.214. The number of nitrogens with one attached hydrogen (secondary N) is 3. The van der Waals surface area contributed by atoms with Gasteiger partial charge in [-0.25, -0.2) is 8.42 Å². The van der Waals surface area contributed by atoms with E-state index in [0.29, 0.717) is 24.5 Å². The summed E-state index contributed by atoms with van der Waals surface area (Å²) in [6.07, 6.45) is 0. The molecule has 0 amide bonds. The standard InChI is InChI=1S/C28H33N5O11S3/c1-5-33(6-2)45(35,36)18-9-7-17(8-10-18)30-21-14-24(44-4)22(15-23(21)43-3)31-32-27-25(47(40,41)42)12-16-11-19(46(37,38)39)13-20(29)26(16)28(27)34/h7-15,30-32,34H,5-6,29H2,1-4H3,(H,37,38,39)(H,40,41,42). The lowest BCUT2D eigenvalue weighted by Gasteiger charge is -2.20. The van der Waals surface area contributed by atoms with Crippen molar-refractivity contribution in [3.63, 3.8) is 0 Å². The zero-order valence-corrected chi connectivity index (χ0v) is 27.9. The molecule has 0 fully saturated rings. The summed E-state index contributed by atoms with van der Waals surface area (Å²) in [5.41, 5.74) is 11.4. The van der Waals surface area contributed by atoms with Crippen LogP contribution in [0.4, 0.5) is 28.4 Å². The fourth-order valence-electron chi connectivity index (χ4n) is 4.78. The van der Waals surface area contributed by atoms with E-state index in [2.05, 4.69) is 16.2 Å². The van der Waals surface area contributed by atoms with Crippen molar-refractivity contribution in [2.24, 2.45) is 0 Å². The van der Waals surface area contributed by atoms with E-state index < -0.39 is 51.5 Å². The highest BCUT2D eigenvalue weighted by Crippen LogP contribution is 2.43. The maximum Gasteiger partial charge on any atom is 0.296 e. The molecule has 0 aromatic heterocycles. The second-order valence-corrected chi connectivity index (χ2v) is 14.6. The number of hydrogen-bond acceptors (Lipinski definition) is 13. The number of benzene rings is 4. The zero-order valence-electron chi connectivity index (χ0n) is 25.5. The summed E-state index contributed by atoms with van der Waals surface area (Å²) in [7, 11) is -10.7. The van der Waals surface area contributed by atoms with Gasteiger partial charge in [-0.2, -0.15) is 21.1 Å². The molecule has 0 saturated carbocycles. The Morgan fingerprint density at radius 3 is 1.87 bits per heavy atom. The maximum atomic E-state index is 12.8. The van der Waals surface area contributed by atoms with Crippen molar-refractivity contribution >= 4 is 69.5 Å². The van der Waals surface area contributed by atoms with Gasteiger partial charge in [-0.3, -0.25) is 20.0 Å². The number of ether oxygens (including phenoxy) is 2. The zero-order chi connectivity index (χ0) is 34.9. The average Bonchev–Trinajstić information content (AvgIpc) is 3.00. The number of methoxy groups -OCH3 is 2. The molecule has 0 saturated heterocycles. The molecular weight excluding hydrogens is 679 g/mol. The number of aromatic hydroxyl groups is 1. The van der Waals surface area contributed by atoms with Crippen molar-refractivity contribution < 1.29 is 48.9 Å². The van der Waals surface area contributed by atoms with Crippen molar-refractivity contribution in [3.05, 3.63) is 54.6 Å². The van der Waals surface area contributed by atoms with Crippen molar-refractivity contribution in [2.75, 3.05) is 49.2 Å². The monoisotopic (exact) mass is 711 g/mol. The van der Waals surface area contributed by atoms with Crippen LogP contribution in [0.25, 0.3) is 10.8 Å². The Balaban J connectivity index is 1.70. The molecule has 0 bridgehead atoms. The first-order valence-electron chi connectivity index (χ1n) is 13.7. The van der Waals surface area contributed by atoms with E-state index >= 15 is 0 Å².